The van der Waals surface area contributed by atoms with E-state index in [0.717, 1.165) is 23.4 Å². The molecule has 3 heteroatoms. The molecule has 0 radical (unpaired) electrons. The lowest BCUT2D eigenvalue weighted by molar-refractivity contribution is 0.468. The predicted octanol–water partition coefficient (Wildman–Crippen LogP) is 3.26. The molecule has 0 amide bonds. The zero-order valence-corrected chi connectivity index (χ0v) is 11.7. The van der Waals surface area contributed by atoms with Crippen molar-refractivity contribution < 1.29 is 4.42 Å². The topological polar surface area (TPSA) is 52.0 Å². The summed E-state index contributed by atoms with van der Waals surface area (Å²) in [4.78, 5) is 4.55. The molecule has 1 aromatic heterocycles. The second-order valence-electron chi connectivity index (χ2n) is 6.09. The molecule has 0 aliphatic rings. The number of rotatable bonds is 3. The van der Waals surface area contributed by atoms with Crippen LogP contribution >= 0.6 is 0 Å². The molecule has 1 heterocycles. The zero-order chi connectivity index (χ0) is 13.3. The summed E-state index contributed by atoms with van der Waals surface area (Å²) in [6, 6.07) is 6.25. The van der Waals surface area contributed by atoms with E-state index >= 15 is 0 Å². The predicted molar refractivity (Wildman–Crippen MR) is 74.6 cm³/mol. The number of oxazole rings is 1. The maximum atomic E-state index is 5.74. The fraction of sp³-hybridized carbons (Fsp3) is 0.533. The van der Waals surface area contributed by atoms with Gasteiger partial charge in [-0.25, -0.2) is 4.98 Å². The summed E-state index contributed by atoms with van der Waals surface area (Å²) in [5.41, 5.74) is 8.85. The molecule has 2 N–H and O–H groups in total. The Morgan fingerprint density at radius 3 is 2.67 bits per heavy atom. The molecule has 0 aliphatic heterocycles. The van der Waals surface area contributed by atoms with Gasteiger partial charge in [0.1, 0.15) is 5.52 Å². The van der Waals surface area contributed by atoms with E-state index in [1.807, 2.05) is 6.07 Å². The number of aromatic nitrogens is 1. The first-order chi connectivity index (χ1) is 8.40. The number of benzene rings is 1. The van der Waals surface area contributed by atoms with Gasteiger partial charge in [-0.3, -0.25) is 0 Å². The van der Waals surface area contributed by atoms with Gasteiger partial charge in [0.25, 0.3) is 0 Å². The van der Waals surface area contributed by atoms with Crippen LogP contribution in [0.1, 0.15) is 39.1 Å². The number of hydrogen-bond donors (Lipinski definition) is 1. The average Bonchev–Trinajstić information content (AvgIpc) is 2.68. The Bertz CT molecular complexity index is 537. The second kappa shape index (κ2) is 4.73. The van der Waals surface area contributed by atoms with Gasteiger partial charge in [0.15, 0.2) is 11.5 Å². The van der Waals surface area contributed by atoms with E-state index in [1.165, 1.54) is 5.56 Å². The smallest absolute Gasteiger partial charge is 0.195 e. The normalized spacial score (nSPS) is 14.1. The lowest BCUT2D eigenvalue weighted by Gasteiger charge is -2.18. The van der Waals surface area contributed by atoms with E-state index in [-0.39, 0.29) is 5.41 Å². The van der Waals surface area contributed by atoms with Crippen molar-refractivity contribution in [3.05, 3.63) is 29.7 Å². The van der Waals surface area contributed by atoms with E-state index in [0.29, 0.717) is 12.5 Å². The summed E-state index contributed by atoms with van der Waals surface area (Å²) in [5, 5.41) is 0. The van der Waals surface area contributed by atoms with Crippen LogP contribution in [0.25, 0.3) is 11.1 Å². The molecule has 0 spiro atoms. The van der Waals surface area contributed by atoms with E-state index in [9.17, 15) is 0 Å². The number of nitrogens with zero attached hydrogens (tertiary/aromatic N) is 1. The van der Waals surface area contributed by atoms with Crippen LogP contribution in [0, 0.1) is 5.92 Å². The highest BCUT2D eigenvalue weighted by Gasteiger charge is 2.16. The quantitative estimate of drug-likeness (QED) is 0.904. The van der Waals surface area contributed by atoms with Gasteiger partial charge >= 0.3 is 0 Å². The van der Waals surface area contributed by atoms with Crippen molar-refractivity contribution in [2.45, 2.75) is 39.5 Å². The van der Waals surface area contributed by atoms with Crippen molar-refractivity contribution >= 4 is 11.1 Å². The van der Waals surface area contributed by atoms with Gasteiger partial charge in [-0.2, -0.15) is 0 Å². The molecule has 0 saturated heterocycles. The zero-order valence-electron chi connectivity index (χ0n) is 11.7. The highest BCUT2D eigenvalue weighted by Crippen LogP contribution is 2.26. The van der Waals surface area contributed by atoms with Crippen molar-refractivity contribution in [3.63, 3.8) is 0 Å². The van der Waals surface area contributed by atoms with Gasteiger partial charge in [-0.1, -0.05) is 33.8 Å². The molecule has 0 bridgehead atoms. The van der Waals surface area contributed by atoms with E-state index in [2.05, 4.69) is 44.8 Å². The van der Waals surface area contributed by atoms with E-state index in [4.69, 9.17) is 10.2 Å². The Hall–Kier alpha value is -1.35. The molecule has 2 aromatic rings. The Kier molecular flexibility index (Phi) is 3.44. The first-order valence-corrected chi connectivity index (χ1v) is 6.50. The van der Waals surface area contributed by atoms with Crippen molar-refractivity contribution in [2.24, 2.45) is 11.7 Å². The van der Waals surface area contributed by atoms with Gasteiger partial charge in [-0.05, 0) is 35.6 Å². The van der Waals surface area contributed by atoms with Crippen molar-refractivity contribution in [3.8, 4) is 0 Å². The fourth-order valence-corrected chi connectivity index (χ4v) is 1.91. The summed E-state index contributed by atoms with van der Waals surface area (Å²) < 4.78 is 5.74. The molecule has 1 unspecified atom stereocenters. The van der Waals surface area contributed by atoms with Crippen molar-refractivity contribution in [1.29, 1.82) is 0 Å². The summed E-state index contributed by atoms with van der Waals surface area (Å²) >= 11 is 0. The molecule has 2 rings (SSSR count). The molecule has 1 atom stereocenters. The third-order valence-electron chi connectivity index (χ3n) is 3.22. The van der Waals surface area contributed by atoms with Crippen molar-refractivity contribution in [2.75, 3.05) is 6.54 Å². The van der Waals surface area contributed by atoms with Crippen LogP contribution in [0.3, 0.4) is 0 Å². The maximum absolute atomic E-state index is 5.74. The van der Waals surface area contributed by atoms with Gasteiger partial charge in [0, 0.05) is 6.42 Å². The fourth-order valence-electron chi connectivity index (χ4n) is 1.91. The van der Waals surface area contributed by atoms with Crippen LogP contribution in [0.5, 0.6) is 0 Å². The third-order valence-corrected chi connectivity index (χ3v) is 3.22. The van der Waals surface area contributed by atoms with Crippen molar-refractivity contribution in [1.82, 2.24) is 4.98 Å². The minimum Gasteiger partial charge on any atom is -0.441 e. The molecular weight excluding hydrogens is 224 g/mol. The van der Waals surface area contributed by atoms with Crippen LogP contribution in [-0.4, -0.2) is 11.5 Å². The SMILES string of the molecule is CC(CN)Cc1nc2cc(C(C)(C)C)ccc2o1. The summed E-state index contributed by atoms with van der Waals surface area (Å²) in [7, 11) is 0. The average molecular weight is 246 g/mol. The lowest BCUT2D eigenvalue weighted by Crippen LogP contribution is -2.13. The van der Waals surface area contributed by atoms with Gasteiger partial charge in [0.05, 0.1) is 0 Å². The highest BCUT2D eigenvalue weighted by molar-refractivity contribution is 5.73. The van der Waals surface area contributed by atoms with Gasteiger partial charge < -0.3 is 10.2 Å². The van der Waals surface area contributed by atoms with Crippen LogP contribution in [0.15, 0.2) is 22.6 Å². The summed E-state index contributed by atoms with van der Waals surface area (Å²) in [6.45, 7) is 9.37. The molecule has 0 saturated carbocycles. The number of fused-ring (bicyclic) bond motifs is 1. The maximum Gasteiger partial charge on any atom is 0.195 e. The van der Waals surface area contributed by atoms with E-state index in [1.54, 1.807) is 0 Å². The molecule has 0 aliphatic carbocycles. The van der Waals surface area contributed by atoms with Crippen LogP contribution in [0.2, 0.25) is 0 Å². The minimum absolute atomic E-state index is 0.137. The van der Waals surface area contributed by atoms with Gasteiger partial charge in [-0.15, -0.1) is 0 Å². The minimum atomic E-state index is 0.137. The highest BCUT2D eigenvalue weighted by atomic mass is 16.3. The second-order valence-corrected chi connectivity index (χ2v) is 6.09. The molecule has 0 fully saturated rings. The van der Waals surface area contributed by atoms with E-state index < -0.39 is 0 Å². The Labute approximate surface area is 108 Å². The largest absolute Gasteiger partial charge is 0.441 e. The molecule has 18 heavy (non-hydrogen) atoms. The first-order valence-electron chi connectivity index (χ1n) is 6.50. The molecule has 98 valence electrons. The Balaban J connectivity index is 2.34. The standard InChI is InChI=1S/C15H22N2O/c1-10(9-16)7-14-17-12-8-11(15(2,3)4)5-6-13(12)18-14/h5-6,8,10H,7,9,16H2,1-4H3. The Morgan fingerprint density at radius 1 is 1.33 bits per heavy atom. The first kappa shape index (κ1) is 13.1. The monoisotopic (exact) mass is 246 g/mol. The molecule has 1 aromatic carbocycles. The molecular formula is C15H22N2O. The van der Waals surface area contributed by atoms with Crippen LogP contribution in [0.4, 0.5) is 0 Å². The lowest BCUT2D eigenvalue weighted by atomic mass is 9.87. The molecule has 3 nitrogen and oxygen atoms in total. The van der Waals surface area contributed by atoms with Crippen LogP contribution < -0.4 is 5.73 Å². The summed E-state index contributed by atoms with van der Waals surface area (Å²) in [6.07, 6.45) is 0.802. The van der Waals surface area contributed by atoms with Crippen LogP contribution in [-0.2, 0) is 11.8 Å². The van der Waals surface area contributed by atoms with Gasteiger partial charge in [0.2, 0.25) is 0 Å². The summed E-state index contributed by atoms with van der Waals surface area (Å²) in [5.74, 6) is 1.19. The third kappa shape index (κ3) is 2.72. The number of nitrogens with two attached hydrogens (primary N) is 1. The number of hydrogen-bond acceptors (Lipinski definition) is 3. The Morgan fingerprint density at radius 2 is 2.06 bits per heavy atom.